The summed E-state index contributed by atoms with van der Waals surface area (Å²) < 4.78 is 25.7. The first-order valence-corrected chi connectivity index (χ1v) is 22.3. The van der Waals surface area contributed by atoms with Gasteiger partial charge >= 0.3 is 12.1 Å². The van der Waals surface area contributed by atoms with Gasteiger partial charge in [0.2, 0.25) is 0 Å². The van der Waals surface area contributed by atoms with Gasteiger partial charge in [0.1, 0.15) is 28.9 Å². The third-order valence-corrected chi connectivity index (χ3v) is 12.1. The summed E-state index contributed by atoms with van der Waals surface area (Å²) in [7, 11) is -1.26. The van der Waals surface area contributed by atoms with Crippen molar-refractivity contribution in [2.24, 2.45) is 10.4 Å². The molecule has 1 atom stereocenters. The van der Waals surface area contributed by atoms with Crippen LogP contribution in [-0.2, 0) is 20.9 Å². The van der Waals surface area contributed by atoms with Crippen LogP contribution in [0.15, 0.2) is 69.8 Å². The van der Waals surface area contributed by atoms with Gasteiger partial charge in [0.15, 0.2) is 0 Å². The van der Waals surface area contributed by atoms with Gasteiger partial charge in [0, 0.05) is 38.1 Å². The van der Waals surface area contributed by atoms with Crippen LogP contribution in [0.4, 0.5) is 10.6 Å². The molecule has 0 N–H and O–H groups in total. The van der Waals surface area contributed by atoms with Crippen molar-refractivity contribution in [1.29, 1.82) is 0 Å². The zero-order valence-electron chi connectivity index (χ0n) is 30.4. The molecule has 2 aliphatic rings. The molecule has 11 nitrogen and oxygen atoms in total. The maximum absolute atomic E-state index is 12.6. The molecular formula is C37H47ClN6O5SSi. The summed E-state index contributed by atoms with van der Waals surface area (Å²) in [6.07, 6.45) is 4.37. The third-order valence-electron chi connectivity index (χ3n) is 8.96. The van der Waals surface area contributed by atoms with Gasteiger partial charge in [-0.3, -0.25) is 4.57 Å². The average molecular weight is 751 g/mol. The van der Waals surface area contributed by atoms with Crippen molar-refractivity contribution >= 4 is 60.1 Å². The molecule has 2 aromatic carbocycles. The molecule has 4 heterocycles. The predicted octanol–water partition coefficient (Wildman–Crippen LogP) is 9.12. The highest BCUT2D eigenvalue weighted by Crippen LogP contribution is 2.42. The monoisotopic (exact) mass is 750 g/mol. The van der Waals surface area contributed by atoms with Crippen LogP contribution in [0.2, 0.25) is 30.7 Å². The van der Waals surface area contributed by atoms with E-state index >= 15 is 0 Å². The fourth-order valence-corrected chi connectivity index (χ4v) is 8.10. The molecule has 4 aromatic rings. The number of para-hydroxylation sites is 1. The van der Waals surface area contributed by atoms with Crippen molar-refractivity contribution in [2.45, 2.75) is 94.6 Å². The van der Waals surface area contributed by atoms with Gasteiger partial charge in [-0.2, -0.15) is 9.98 Å². The summed E-state index contributed by atoms with van der Waals surface area (Å²) in [5.41, 5.74) is 1.35. The zero-order chi connectivity index (χ0) is 36.4. The molecule has 6 rings (SSSR count). The lowest BCUT2D eigenvalue weighted by Gasteiger charge is -2.39. The molecule has 2 aliphatic heterocycles. The molecular weight excluding hydrogens is 704 g/mol. The number of aliphatic imine (C=N–C) groups is 1. The number of nitrogens with zero attached hydrogens (tertiary/aromatic N) is 6. The van der Waals surface area contributed by atoms with E-state index in [1.807, 2.05) is 74.7 Å². The molecule has 14 heteroatoms. The minimum Gasteiger partial charge on any atom is -0.442 e. The summed E-state index contributed by atoms with van der Waals surface area (Å²) >= 11 is 8.55. The highest BCUT2D eigenvalue weighted by molar-refractivity contribution is 7.99. The van der Waals surface area contributed by atoms with E-state index in [1.54, 1.807) is 12.4 Å². The molecule has 0 aliphatic carbocycles. The fraction of sp³-hybridized carbons (Fsp3) is 0.486. The van der Waals surface area contributed by atoms with E-state index in [2.05, 4.69) is 29.5 Å². The van der Waals surface area contributed by atoms with E-state index in [0.29, 0.717) is 30.0 Å². The molecule has 2 saturated heterocycles. The number of imidazole rings is 1. The Kier molecular flexibility index (Phi) is 11.1. The number of aromatic nitrogens is 4. The van der Waals surface area contributed by atoms with Gasteiger partial charge in [-0.15, -0.1) is 0 Å². The minimum absolute atomic E-state index is 0.227. The average Bonchev–Trinajstić information content (AvgIpc) is 3.57. The van der Waals surface area contributed by atoms with Gasteiger partial charge in [0.05, 0.1) is 46.9 Å². The lowest BCUT2D eigenvalue weighted by Crippen LogP contribution is -2.45. The standard InChI is InChI=1S/C37H47ClN6O5SSi/c1-25-33(42-35(45)49-36(2,3)4)37(23-47-25)15-17-43(18-16-37)29-21-40-30(22-39-29)50-28-14-13-27-32(31(28)38)44(24-46-19-20-51(5,6)7)34(41-27)48-26-11-9-8-10-12-26/h8-14,21-22,25H,15-20,23-24H2,1-7H3/t25-/m0/s1. The van der Waals surface area contributed by atoms with Crippen LogP contribution in [0.1, 0.15) is 40.5 Å². The van der Waals surface area contributed by atoms with Gasteiger partial charge in [-0.05, 0) is 70.8 Å². The van der Waals surface area contributed by atoms with E-state index in [9.17, 15) is 4.79 Å². The summed E-state index contributed by atoms with van der Waals surface area (Å²) in [6.45, 7) is 17.4. The zero-order valence-corrected chi connectivity index (χ0v) is 33.0. The number of piperidine rings is 1. The van der Waals surface area contributed by atoms with E-state index in [0.717, 1.165) is 64.5 Å². The van der Waals surface area contributed by atoms with Gasteiger partial charge in [-0.25, -0.2) is 14.8 Å². The van der Waals surface area contributed by atoms with Crippen molar-refractivity contribution in [1.82, 2.24) is 19.5 Å². The van der Waals surface area contributed by atoms with Crippen LogP contribution in [0.25, 0.3) is 11.0 Å². The molecule has 1 spiro atoms. The molecule has 51 heavy (non-hydrogen) atoms. The first kappa shape index (κ1) is 37.3. The second kappa shape index (κ2) is 15.2. The fourth-order valence-electron chi connectivity index (χ4n) is 6.21. The summed E-state index contributed by atoms with van der Waals surface area (Å²) in [6, 6.07) is 14.9. The quantitative estimate of drug-likeness (QED) is 0.115. The Morgan fingerprint density at radius 2 is 1.84 bits per heavy atom. The summed E-state index contributed by atoms with van der Waals surface area (Å²) in [4.78, 5) is 34.3. The first-order chi connectivity index (χ1) is 24.2. The van der Waals surface area contributed by atoms with Crippen LogP contribution >= 0.6 is 23.4 Å². The number of rotatable bonds is 10. The van der Waals surface area contributed by atoms with Gasteiger partial charge in [-0.1, -0.05) is 61.2 Å². The van der Waals surface area contributed by atoms with E-state index in [4.69, 9.17) is 45.5 Å². The Morgan fingerprint density at radius 3 is 2.51 bits per heavy atom. The van der Waals surface area contributed by atoms with Crippen LogP contribution in [0.3, 0.4) is 0 Å². The second-order valence-electron chi connectivity index (χ2n) is 15.3. The minimum atomic E-state index is -1.26. The smallest absolute Gasteiger partial charge is 0.434 e. The van der Waals surface area contributed by atoms with Crippen molar-refractivity contribution in [3.05, 3.63) is 59.9 Å². The molecule has 0 radical (unpaired) electrons. The lowest BCUT2D eigenvalue weighted by molar-refractivity contribution is 0.0601. The predicted molar refractivity (Wildman–Crippen MR) is 204 cm³/mol. The van der Waals surface area contributed by atoms with Crippen molar-refractivity contribution in [3.8, 4) is 11.8 Å². The number of halogens is 1. The van der Waals surface area contributed by atoms with Gasteiger partial charge < -0.3 is 23.8 Å². The number of ether oxygens (including phenoxy) is 4. The van der Waals surface area contributed by atoms with Crippen molar-refractivity contribution in [3.63, 3.8) is 0 Å². The second-order valence-corrected chi connectivity index (χ2v) is 22.4. The van der Waals surface area contributed by atoms with Crippen LogP contribution in [0.5, 0.6) is 11.8 Å². The summed E-state index contributed by atoms with van der Waals surface area (Å²) in [5, 5.41) is 1.27. The normalized spacial score (nSPS) is 18.5. The molecule has 272 valence electrons. The Balaban J connectivity index is 1.16. The van der Waals surface area contributed by atoms with Crippen LogP contribution in [0, 0.1) is 5.41 Å². The Morgan fingerprint density at radius 1 is 1.10 bits per heavy atom. The Bertz CT molecular complexity index is 1870. The Labute approximate surface area is 310 Å². The number of benzene rings is 2. The molecule has 2 aromatic heterocycles. The number of carbonyl (C=O) groups excluding carboxylic acids is 1. The maximum Gasteiger partial charge on any atom is 0.434 e. The number of amides is 1. The SMILES string of the molecule is C[C@@H]1OCC2(CCN(c3cnc(Sc4ccc5nc(Oc6ccccc6)n(COCC[Si](C)(C)C)c5c4Cl)cn3)CC2)C1=NC(=O)OC(C)(C)C. The number of carbonyl (C=O) groups is 1. The largest absolute Gasteiger partial charge is 0.442 e. The third kappa shape index (κ3) is 9.12. The first-order valence-electron chi connectivity index (χ1n) is 17.4. The maximum atomic E-state index is 12.6. The van der Waals surface area contributed by atoms with Crippen molar-refractivity contribution in [2.75, 3.05) is 31.2 Å². The lowest BCUT2D eigenvalue weighted by atomic mass is 9.75. The summed E-state index contributed by atoms with van der Waals surface area (Å²) in [5.74, 6) is 1.48. The topological polar surface area (TPSA) is 113 Å². The molecule has 2 fully saturated rings. The highest BCUT2D eigenvalue weighted by atomic mass is 35.5. The molecule has 1 amide bonds. The van der Waals surface area contributed by atoms with E-state index in [-0.39, 0.29) is 18.2 Å². The molecule has 0 unspecified atom stereocenters. The Hall–Kier alpha value is -3.49. The molecule has 0 saturated carbocycles. The van der Waals surface area contributed by atoms with Crippen molar-refractivity contribution < 1.29 is 23.7 Å². The van der Waals surface area contributed by atoms with Crippen LogP contribution < -0.4 is 9.64 Å². The van der Waals surface area contributed by atoms with E-state index < -0.39 is 19.8 Å². The number of anilines is 1. The molecule has 0 bridgehead atoms. The number of hydrogen-bond acceptors (Lipinski definition) is 10. The van der Waals surface area contributed by atoms with Gasteiger partial charge in [0.25, 0.3) is 0 Å². The highest BCUT2D eigenvalue weighted by Gasteiger charge is 2.47. The number of hydrogen-bond donors (Lipinski definition) is 0. The van der Waals surface area contributed by atoms with E-state index in [1.165, 1.54) is 11.8 Å². The van der Waals surface area contributed by atoms with Crippen LogP contribution in [-0.4, -0.2) is 77.4 Å². The number of fused-ring (bicyclic) bond motifs is 1.